The van der Waals surface area contributed by atoms with Crippen LogP contribution in [0.1, 0.15) is 44.9 Å². The lowest BCUT2D eigenvalue weighted by atomic mass is 9.95. The van der Waals surface area contributed by atoms with E-state index in [1.165, 1.54) is 11.3 Å². The van der Waals surface area contributed by atoms with Crippen LogP contribution >= 0.6 is 11.3 Å². The fourth-order valence-corrected chi connectivity index (χ4v) is 5.09. The number of benzene rings is 2. The lowest BCUT2D eigenvalue weighted by molar-refractivity contribution is -0.139. The highest BCUT2D eigenvalue weighted by Gasteiger charge is 2.34. The third kappa shape index (κ3) is 4.93. The summed E-state index contributed by atoms with van der Waals surface area (Å²) >= 11 is 1.30. The lowest BCUT2D eigenvalue weighted by Crippen LogP contribution is -2.40. The molecular formula is C27H28N2O5S. The Morgan fingerprint density at radius 1 is 1.03 bits per heavy atom. The second-order valence-electron chi connectivity index (χ2n) is 7.79. The molecule has 0 aliphatic carbocycles. The van der Waals surface area contributed by atoms with Gasteiger partial charge in [0.15, 0.2) is 16.3 Å². The van der Waals surface area contributed by atoms with Crippen LogP contribution in [0.5, 0.6) is 11.5 Å². The van der Waals surface area contributed by atoms with Crippen molar-refractivity contribution in [3.63, 3.8) is 0 Å². The fourth-order valence-electron chi connectivity index (χ4n) is 4.05. The average Bonchev–Trinajstić information content (AvgIpc) is 3.14. The zero-order chi connectivity index (χ0) is 24.9. The van der Waals surface area contributed by atoms with Crippen LogP contribution in [0.4, 0.5) is 0 Å². The van der Waals surface area contributed by atoms with E-state index in [0.717, 1.165) is 5.56 Å². The van der Waals surface area contributed by atoms with Gasteiger partial charge in [0.25, 0.3) is 5.56 Å². The van der Waals surface area contributed by atoms with Gasteiger partial charge in [-0.25, -0.2) is 9.79 Å². The Morgan fingerprint density at radius 2 is 1.74 bits per heavy atom. The summed E-state index contributed by atoms with van der Waals surface area (Å²) in [5.74, 6) is 0.659. The predicted octanol–water partition coefficient (Wildman–Crippen LogP) is 3.60. The monoisotopic (exact) mass is 492 g/mol. The van der Waals surface area contributed by atoms with E-state index in [9.17, 15) is 9.59 Å². The lowest BCUT2D eigenvalue weighted by Gasteiger charge is -2.25. The predicted molar refractivity (Wildman–Crippen MR) is 136 cm³/mol. The number of carbonyl (C=O) groups excluding carboxylic acids is 1. The molecule has 4 rings (SSSR count). The number of thiazole rings is 1. The standard InChI is InChI=1S/C27H28N2O5S/c1-5-32-20-14-13-19(16-21(20)33-6-2)24-23(26(31)34-7-3)17(4)28-27-29(24)25(30)22(35-27)15-18-11-9-8-10-12-18/h8-16,24H,5-7H2,1-4H3. The third-order valence-corrected chi connectivity index (χ3v) is 6.48. The first-order valence-corrected chi connectivity index (χ1v) is 12.4. The van der Waals surface area contributed by atoms with E-state index in [0.29, 0.717) is 50.9 Å². The Balaban J connectivity index is 1.95. The molecule has 8 heteroatoms. The second-order valence-corrected chi connectivity index (χ2v) is 8.79. The molecule has 182 valence electrons. The van der Waals surface area contributed by atoms with Gasteiger partial charge >= 0.3 is 5.97 Å². The Labute approximate surface area is 207 Å². The highest BCUT2D eigenvalue weighted by atomic mass is 32.1. The molecule has 0 fully saturated rings. The van der Waals surface area contributed by atoms with Crippen LogP contribution in [0, 0.1) is 0 Å². The van der Waals surface area contributed by atoms with Crippen molar-refractivity contribution in [3.8, 4) is 11.5 Å². The van der Waals surface area contributed by atoms with Gasteiger partial charge in [-0.3, -0.25) is 9.36 Å². The van der Waals surface area contributed by atoms with Crippen molar-refractivity contribution in [3.05, 3.63) is 90.6 Å². The van der Waals surface area contributed by atoms with Crippen LogP contribution in [0.2, 0.25) is 0 Å². The average molecular weight is 493 g/mol. The normalized spacial score (nSPS) is 15.4. The van der Waals surface area contributed by atoms with Gasteiger partial charge in [0.2, 0.25) is 0 Å². The summed E-state index contributed by atoms with van der Waals surface area (Å²) < 4.78 is 19.0. The van der Waals surface area contributed by atoms with Gasteiger partial charge in [0.1, 0.15) is 0 Å². The van der Waals surface area contributed by atoms with Crippen molar-refractivity contribution in [1.82, 2.24) is 4.57 Å². The van der Waals surface area contributed by atoms with E-state index in [2.05, 4.69) is 4.99 Å². The van der Waals surface area contributed by atoms with E-state index < -0.39 is 12.0 Å². The van der Waals surface area contributed by atoms with E-state index in [1.54, 1.807) is 18.4 Å². The SMILES string of the molecule is CCOC(=O)C1=C(C)N=c2sc(=Cc3ccccc3)c(=O)n2C1c1ccc(OCC)c(OCC)c1. The molecule has 35 heavy (non-hydrogen) atoms. The topological polar surface area (TPSA) is 79.1 Å². The number of nitrogens with zero attached hydrogens (tertiary/aromatic N) is 2. The molecular weight excluding hydrogens is 464 g/mol. The van der Waals surface area contributed by atoms with E-state index in [1.807, 2.05) is 68.5 Å². The van der Waals surface area contributed by atoms with Gasteiger partial charge in [-0.15, -0.1) is 0 Å². The number of rotatable bonds is 8. The second kappa shape index (κ2) is 10.7. The number of esters is 1. The van der Waals surface area contributed by atoms with E-state index >= 15 is 0 Å². The Kier molecular flexibility index (Phi) is 7.51. The summed E-state index contributed by atoms with van der Waals surface area (Å²) in [6.45, 7) is 8.47. The first-order valence-electron chi connectivity index (χ1n) is 11.6. The summed E-state index contributed by atoms with van der Waals surface area (Å²) in [4.78, 5) is 31.9. The number of fused-ring (bicyclic) bond motifs is 1. The van der Waals surface area contributed by atoms with Crippen LogP contribution in [0.25, 0.3) is 6.08 Å². The molecule has 0 saturated carbocycles. The number of hydrogen-bond donors (Lipinski definition) is 0. The number of carbonyl (C=O) groups is 1. The van der Waals surface area contributed by atoms with Crippen molar-refractivity contribution in [2.75, 3.05) is 19.8 Å². The van der Waals surface area contributed by atoms with Crippen molar-refractivity contribution in [2.24, 2.45) is 4.99 Å². The maximum Gasteiger partial charge on any atom is 0.338 e. The Hall–Kier alpha value is -3.65. The molecule has 1 atom stereocenters. The first kappa shape index (κ1) is 24.5. The van der Waals surface area contributed by atoms with Crippen molar-refractivity contribution < 1.29 is 19.0 Å². The molecule has 0 N–H and O–H groups in total. The maximum absolute atomic E-state index is 13.7. The quantitative estimate of drug-likeness (QED) is 0.449. The molecule has 1 unspecified atom stereocenters. The minimum absolute atomic E-state index is 0.217. The smallest absolute Gasteiger partial charge is 0.338 e. The maximum atomic E-state index is 13.7. The van der Waals surface area contributed by atoms with Gasteiger partial charge in [-0.2, -0.15) is 0 Å². The largest absolute Gasteiger partial charge is 0.490 e. The molecule has 0 radical (unpaired) electrons. The highest BCUT2D eigenvalue weighted by Crippen LogP contribution is 2.36. The Morgan fingerprint density at radius 3 is 2.43 bits per heavy atom. The summed E-state index contributed by atoms with van der Waals surface area (Å²) in [5, 5.41) is 0. The summed E-state index contributed by atoms with van der Waals surface area (Å²) in [7, 11) is 0. The number of hydrogen-bond acceptors (Lipinski definition) is 7. The number of aromatic nitrogens is 1. The highest BCUT2D eigenvalue weighted by molar-refractivity contribution is 7.07. The number of allylic oxidation sites excluding steroid dienone is 1. The molecule has 0 bridgehead atoms. The first-order chi connectivity index (χ1) is 17.0. The van der Waals surface area contributed by atoms with Crippen LogP contribution < -0.4 is 24.4 Å². The van der Waals surface area contributed by atoms with Crippen LogP contribution in [-0.2, 0) is 9.53 Å². The van der Waals surface area contributed by atoms with E-state index in [-0.39, 0.29) is 12.2 Å². The fraction of sp³-hybridized carbons (Fsp3) is 0.296. The van der Waals surface area contributed by atoms with Gasteiger partial charge < -0.3 is 14.2 Å². The van der Waals surface area contributed by atoms with Crippen molar-refractivity contribution >= 4 is 23.4 Å². The van der Waals surface area contributed by atoms with Crippen molar-refractivity contribution in [1.29, 1.82) is 0 Å². The summed E-state index contributed by atoms with van der Waals surface area (Å²) in [6.07, 6.45) is 1.84. The minimum atomic E-state index is -0.710. The molecule has 2 heterocycles. The molecule has 7 nitrogen and oxygen atoms in total. The van der Waals surface area contributed by atoms with Gasteiger partial charge in [0.05, 0.1) is 41.7 Å². The third-order valence-electron chi connectivity index (χ3n) is 5.50. The molecule has 1 aromatic heterocycles. The van der Waals surface area contributed by atoms with Gasteiger partial charge in [-0.05, 0) is 57.0 Å². The van der Waals surface area contributed by atoms with Crippen LogP contribution in [0.3, 0.4) is 0 Å². The number of ether oxygens (including phenoxy) is 3. The zero-order valence-corrected chi connectivity index (χ0v) is 21.1. The molecule has 0 amide bonds. The van der Waals surface area contributed by atoms with Gasteiger partial charge in [-0.1, -0.05) is 47.7 Å². The minimum Gasteiger partial charge on any atom is -0.490 e. The molecule has 1 aliphatic rings. The molecule has 0 saturated heterocycles. The van der Waals surface area contributed by atoms with Gasteiger partial charge in [0, 0.05) is 0 Å². The van der Waals surface area contributed by atoms with Crippen molar-refractivity contribution in [2.45, 2.75) is 33.7 Å². The molecule has 1 aliphatic heterocycles. The summed E-state index contributed by atoms with van der Waals surface area (Å²) in [6, 6.07) is 14.4. The summed E-state index contributed by atoms with van der Waals surface area (Å²) in [5.41, 5.74) is 2.26. The van der Waals surface area contributed by atoms with E-state index in [4.69, 9.17) is 14.2 Å². The Bertz CT molecular complexity index is 1440. The molecule has 3 aromatic rings. The zero-order valence-electron chi connectivity index (χ0n) is 20.2. The van der Waals surface area contributed by atoms with Crippen LogP contribution in [0.15, 0.2) is 69.6 Å². The molecule has 0 spiro atoms. The van der Waals surface area contributed by atoms with Crippen LogP contribution in [-0.4, -0.2) is 30.4 Å². The molecule has 2 aromatic carbocycles.